The highest BCUT2D eigenvalue weighted by Crippen LogP contribution is 2.16. The van der Waals surface area contributed by atoms with Crippen LogP contribution in [0.2, 0.25) is 0 Å². The van der Waals surface area contributed by atoms with Crippen molar-refractivity contribution in [2.75, 3.05) is 6.61 Å². The van der Waals surface area contributed by atoms with Gasteiger partial charge in [0, 0.05) is 0 Å². The van der Waals surface area contributed by atoms with Crippen molar-refractivity contribution in [2.24, 2.45) is 0 Å². The van der Waals surface area contributed by atoms with Gasteiger partial charge >= 0.3 is 5.97 Å². The Morgan fingerprint density at radius 3 is 1.96 bits per heavy atom. The molecule has 0 rings (SSSR count). The molecule has 0 unspecified atom stereocenters. The first kappa shape index (κ1) is 22.1. The van der Waals surface area contributed by atoms with Crippen molar-refractivity contribution in [3.63, 3.8) is 0 Å². The first-order valence-corrected chi connectivity index (χ1v) is 8.23. The van der Waals surface area contributed by atoms with Crippen molar-refractivity contribution < 1.29 is 19.8 Å². The number of aliphatic carboxylic acids is 1. The van der Waals surface area contributed by atoms with Crippen LogP contribution in [0.5, 0.6) is 0 Å². The van der Waals surface area contributed by atoms with Gasteiger partial charge in [0.15, 0.2) is 5.78 Å². The van der Waals surface area contributed by atoms with Gasteiger partial charge in [-0.3, -0.25) is 4.79 Å². The molecule has 24 heavy (non-hydrogen) atoms. The molecule has 0 heterocycles. The summed E-state index contributed by atoms with van der Waals surface area (Å²) in [5.74, 6) is -1.62. The number of carboxylic acid groups (broad SMARTS) is 1. The molecule has 0 fully saturated rings. The molecule has 134 valence electrons. The monoisotopic (exact) mass is 334 g/mol. The van der Waals surface area contributed by atoms with Crippen molar-refractivity contribution in [1.29, 1.82) is 0 Å². The van der Waals surface area contributed by atoms with Crippen molar-refractivity contribution in [2.45, 2.75) is 60.3 Å². The summed E-state index contributed by atoms with van der Waals surface area (Å²) in [5, 5.41) is 18.3. The Kier molecular flexibility index (Phi) is 10.6. The van der Waals surface area contributed by atoms with Gasteiger partial charge in [-0.1, -0.05) is 34.4 Å². The number of carboxylic acids is 1. The Morgan fingerprint density at radius 1 is 0.875 bits per heavy atom. The van der Waals surface area contributed by atoms with E-state index in [0.29, 0.717) is 24.8 Å². The number of aliphatic hydroxyl groups is 1. The third-order valence-corrected chi connectivity index (χ3v) is 3.62. The number of carbonyl (C=O) groups is 2. The lowest BCUT2D eigenvalue weighted by Gasteiger charge is -2.06. The Hall–Kier alpha value is -1.94. The van der Waals surface area contributed by atoms with Crippen LogP contribution in [0.4, 0.5) is 0 Å². The highest BCUT2D eigenvalue weighted by Gasteiger charge is 2.18. The molecule has 0 aliphatic carbocycles. The van der Waals surface area contributed by atoms with Crippen LogP contribution in [0.3, 0.4) is 0 Å². The molecule has 0 aromatic heterocycles. The third-order valence-electron chi connectivity index (χ3n) is 3.62. The van der Waals surface area contributed by atoms with Crippen LogP contribution in [0, 0.1) is 0 Å². The molecule has 0 spiro atoms. The van der Waals surface area contributed by atoms with Crippen LogP contribution in [0.15, 0.2) is 46.1 Å². The van der Waals surface area contributed by atoms with Gasteiger partial charge in [0.1, 0.15) is 5.57 Å². The van der Waals surface area contributed by atoms with E-state index in [1.54, 1.807) is 6.92 Å². The van der Waals surface area contributed by atoms with E-state index in [2.05, 4.69) is 0 Å². The fourth-order valence-electron chi connectivity index (χ4n) is 2.18. The maximum absolute atomic E-state index is 12.3. The van der Waals surface area contributed by atoms with Gasteiger partial charge in [0.25, 0.3) is 0 Å². The molecule has 0 aromatic rings. The molecule has 0 saturated carbocycles. The summed E-state index contributed by atoms with van der Waals surface area (Å²) in [6.07, 6.45) is 8.03. The Balaban J connectivity index is 5.05. The van der Waals surface area contributed by atoms with Crippen molar-refractivity contribution >= 4 is 11.8 Å². The molecule has 0 aliphatic heterocycles. The van der Waals surface area contributed by atoms with E-state index >= 15 is 0 Å². The third kappa shape index (κ3) is 9.26. The number of hydrogen-bond donors (Lipinski definition) is 2. The quantitative estimate of drug-likeness (QED) is 0.269. The Morgan fingerprint density at radius 2 is 1.46 bits per heavy atom. The van der Waals surface area contributed by atoms with E-state index in [1.165, 1.54) is 11.6 Å². The number of hydrogen-bond acceptors (Lipinski definition) is 3. The normalized spacial score (nSPS) is 13.4. The molecule has 0 amide bonds. The number of carbonyl (C=O) groups excluding carboxylic acids is 1. The summed E-state index contributed by atoms with van der Waals surface area (Å²) >= 11 is 0. The summed E-state index contributed by atoms with van der Waals surface area (Å²) < 4.78 is 0. The Labute approximate surface area is 145 Å². The molecule has 0 aromatic carbocycles. The highest BCUT2D eigenvalue weighted by atomic mass is 16.4. The van der Waals surface area contributed by atoms with Gasteiger partial charge in [0.05, 0.1) is 6.61 Å². The van der Waals surface area contributed by atoms with Crippen LogP contribution in [0.25, 0.3) is 0 Å². The molecule has 2 N–H and O–H groups in total. The molecule has 0 radical (unpaired) electrons. The summed E-state index contributed by atoms with van der Waals surface area (Å²) in [6, 6.07) is 0. The average Bonchev–Trinajstić information content (AvgIpc) is 2.46. The van der Waals surface area contributed by atoms with Crippen LogP contribution < -0.4 is 0 Å². The molecule has 4 heteroatoms. The second kappa shape index (κ2) is 11.6. The first-order valence-electron chi connectivity index (χ1n) is 8.23. The number of aliphatic hydroxyl groups excluding tert-OH is 1. The lowest BCUT2D eigenvalue weighted by molar-refractivity contribution is -0.134. The van der Waals surface area contributed by atoms with Crippen molar-refractivity contribution in [3.8, 4) is 0 Å². The maximum Gasteiger partial charge on any atom is 0.339 e. The zero-order valence-corrected chi connectivity index (χ0v) is 15.5. The first-order chi connectivity index (χ1) is 11.2. The molecule has 4 nitrogen and oxygen atoms in total. The number of allylic oxidation sites excluding steroid dienone is 6. The standard InChI is InChI=1S/C20H30O4/c1-14(2)8-6-11-17(5)19(20(23)24)18(22)12-15(3)9-7-10-16(4)13-21/h8,10,12,21H,6-7,9,11,13H2,1-5H3,(H,23,24)/b15-12+,16-10+,19-17+. The zero-order valence-electron chi connectivity index (χ0n) is 15.5. The Bertz CT molecular complexity index is 570. The van der Waals surface area contributed by atoms with E-state index < -0.39 is 11.8 Å². The number of ketones is 1. The minimum Gasteiger partial charge on any atom is -0.478 e. The van der Waals surface area contributed by atoms with Gasteiger partial charge in [0.2, 0.25) is 0 Å². The number of rotatable bonds is 10. The predicted octanol–water partition coefficient (Wildman–Crippen LogP) is 4.37. The molecule has 0 saturated heterocycles. The zero-order chi connectivity index (χ0) is 18.7. The van der Waals surface area contributed by atoms with Crippen LogP contribution in [-0.2, 0) is 9.59 Å². The van der Waals surface area contributed by atoms with E-state index in [4.69, 9.17) is 5.11 Å². The summed E-state index contributed by atoms with van der Waals surface area (Å²) in [7, 11) is 0. The van der Waals surface area contributed by atoms with E-state index in [1.807, 2.05) is 39.8 Å². The molecular formula is C20H30O4. The maximum atomic E-state index is 12.3. The average molecular weight is 334 g/mol. The molecular weight excluding hydrogens is 304 g/mol. The summed E-state index contributed by atoms with van der Waals surface area (Å²) in [5.41, 5.74) is 3.37. The van der Waals surface area contributed by atoms with Crippen LogP contribution >= 0.6 is 0 Å². The van der Waals surface area contributed by atoms with Gasteiger partial charge in [-0.05, 0) is 66.4 Å². The van der Waals surface area contributed by atoms with Gasteiger partial charge in [-0.25, -0.2) is 4.79 Å². The minimum atomic E-state index is -1.17. The SMILES string of the molecule is CC(C)=CCC/C(C)=C(/C(=O)O)C(=O)/C=C(\C)CC/C=C(\C)CO. The van der Waals surface area contributed by atoms with E-state index in [-0.39, 0.29) is 12.2 Å². The van der Waals surface area contributed by atoms with E-state index in [9.17, 15) is 14.7 Å². The van der Waals surface area contributed by atoms with Gasteiger partial charge in [-0.2, -0.15) is 0 Å². The second-order valence-electron chi connectivity index (χ2n) is 6.38. The summed E-state index contributed by atoms with van der Waals surface area (Å²) in [4.78, 5) is 23.7. The van der Waals surface area contributed by atoms with Gasteiger partial charge < -0.3 is 10.2 Å². The topological polar surface area (TPSA) is 74.6 Å². The minimum absolute atomic E-state index is 0.0263. The largest absolute Gasteiger partial charge is 0.478 e. The fourth-order valence-corrected chi connectivity index (χ4v) is 2.18. The molecule has 0 bridgehead atoms. The van der Waals surface area contributed by atoms with E-state index in [0.717, 1.165) is 17.6 Å². The predicted molar refractivity (Wildman–Crippen MR) is 97.8 cm³/mol. The fraction of sp³-hybridized carbons (Fsp3) is 0.500. The smallest absolute Gasteiger partial charge is 0.339 e. The second-order valence-corrected chi connectivity index (χ2v) is 6.38. The molecule has 0 aliphatic rings. The van der Waals surface area contributed by atoms with Crippen molar-refractivity contribution in [1.82, 2.24) is 0 Å². The van der Waals surface area contributed by atoms with Crippen LogP contribution in [0.1, 0.15) is 60.3 Å². The highest BCUT2D eigenvalue weighted by molar-refractivity contribution is 6.21. The van der Waals surface area contributed by atoms with Gasteiger partial charge in [-0.15, -0.1) is 0 Å². The lowest BCUT2D eigenvalue weighted by atomic mass is 9.98. The lowest BCUT2D eigenvalue weighted by Crippen LogP contribution is -2.13. The summed E-state index contributed by atoms with van der Waals surface area (Å²) in [6.45, 7) is 9.36. The van der Waals surface area contributed by atoms with Crippen molar-refractivity contribution in [3.05, 3.63) is 46.1 Å². The van der Waals surface area contributed by atoms with Crippen LogP contribution in [-0.4, -0.2) is 28.6 Å². The molecule has 0 atom stereocenters.